The number of piperidine rings is 1. The van der Waals surface area contributed by atoms with Gasteiger partial charge in [0.05, 0.1) is 12.0 Å². The maximum absolute atomic E-state index is 13.7. The van der Waals surface area contributed by atoms with Crippen LogP contribution in [0.5, 0.6) is 0 Å². The number of nitrogens with zero attached hydrogens (tertiary/aromatic N) is 6. The van der Waals surface area contributed by atoms with Gasteiger partial charge in [0.15, 0.2) is 0 Å². The second-order valence-corrected chi connectivity index (χ2v) is 14.6. The third kappa shape index (κ3) is 8.92. The Hall–Kier alpha value is -3.68. The Morgan fingerprint density at radius 1 is 1.02 bits per heavy atom. The van der Waals surface area contributed by atoms with Crippen molar-refractivity contribution in [2.75, 3.05) is 45.8 Å². The van der Waals surface area contributed by atoms with Gasteiger partial charge >= 0.3 is 12.1 Å². The van der Waals surface area contributed by atoms with Crippen molar-refractivity contribution >= 4 is 45.5 Å². The van der Waals surface area contributed by atoms with E-state index in [9.17, 15) is 14.4 Å². The Kier molecular flexibility index (Phi) is 11.7. The molecule has 2 aliphatic heterocycles. The molecule has 14 heteroatoms. The van der Waals surface area contributed by atoms with Crippen LogP contribution >= 0.6 is 27.5 Å². The molecule has 4 N–H and O–H groups in total. The lowest BCUT2D eigenvalue weighted by Gasteiger charge is -2.41. The molecule has 0 spiro atoms. The van der Waals surface area contributed by atoms with E-state index in [0.717, 1.165) is 60.4 Å². The highest BCUT2D eigenvalue weighted by atomic mass is 79.9. The van der Waals surface area contributed by atoms with Crippen molar-refractivity contribution in [3.8, 4) is 0 Å². The average molecular weight is 755 g/mol. The first kappa shape index (κ1) is 35.2. The molecule has 2 atom stereocenters. The van der Waals surface area contributed by atoms with Crippen molar-refractivity contribution in [3.05, 3.63) is 81.1 Å². The van der Waals surface area contributed by atoms with Crippen LogP contribution in [0.3, 0.4) is 0 Å². The number of imidazole rings is 1. The first-order chi connectivity index (χ1) is 23.7. The van der Waals surface area contributed by atoms with Gasteiger partial charge in [0.2, 0.25) is 5.91 Å². The van der Waals surface area contributed by atoms with Crippen LogP contribution in [0.15, 0.2) is 53.7 Å². The van der Waals surface area contributed by atoms with Gasteiger partial charge in [-0.15, -0.1) is 0 Å². The minimum atomic E-state index is -0.617. The van der Waals surface area contributed by atoms with Gasteiger partial charge in [-0.1, -0.05) is 17.7 Å². The first-order valence-electron chi connectivity index (χ1n) is 17.2. The summed E-state index contributed by atoms with van der Waals surface area (Å²) < 4.78 is 2.96. The molecule has 2 saturated heterocycles. The van der Waals surface area contributed by atoms with Gasteiger partial charge in [-0.05, 0) is 102 Å². The number of carbonyl (C=O) groups is 3. The molecule has 2 fully saturated rings. The lowest BCUT2D eigenvalue weighted by atomic mass is 9.87. The Morgan fingerprint density at radius 2 is 1.84 bits per heavy atom. The second kappa shape index (κ2) is 16.4. The summed E-state index contributed by atoms with van der Waals surface area (Å²) in [4.78, 5) is 53.4. The molecule has 1 aliphatic carbocycles. The highest BCUT2D eigenvalue weighted by molar-refractivity contribution is 9.10. The third-order valence-electron chi connectivity index (χ3n) is 10.0. The normalized spacial score (nSPS) is 19.9. The van der Waals surface area contributed by atoms with Gasteiger partial charge in [0.1, 0.15) is 6.04 Å². The van der Waals surface area contributed by atoms with Crippen LogP contribution < -0.4 is 16.4 Å². The topological polar surface area (TPSA) is 142 Å². The summed E-state index contributed by atoms with van der Waals surface area (Å²) in [5, 5.41) is 6.97. The Labute approximate surface area is 300 Å². The summed E-state index contributed by atoms with van der Waals surface area (Å²) in [7, 11) is 0. The smallest absolute Gasteiger partial charge is 0.318 e. The zero-order chi connectivity index (χ0) is 34.3. The molecule has 6 rings (SSSR count). The summed E-state index contributed by atoms with van der Waals surface area (Å²) in [6.45, 7) is 4.64. The molecule has 12 nitrogen and oxygen atoms in total. The number of aromatic nitrogens is 3. The van der Waals surface area contributed by atoms with Crippen LogP contribution in [0.2, 0.25) is 5.02 Å². The largest absolute Gasteiger partial charge is 0.354 e. The number of urea groups is 2. The molecule has 4 heterocycles. The van der Waals surface area contributed by atoms with Crippen LogP contribution in [0.1, 0.15) is 60.4 Å². The van der Waals surface area contributed by atoms with E-state index >= 15 is 0 Å². The van der Waals surface area contributed by atoms with E-state index in [2.05, 4.69) is 54.6 Å². The lowest BCUT2D eigenvalue weighted by Crippen LogP contribution is -2.63. The van der Waals surface area contributed by atoms with E-state index in [1.165, 1.54) is 16.7 Å². The first-order valence-corrected chi connectivity index (χ1v) is 18.4. The summed E-state index contributed by atoms with van der Waals surface area (Å²) in [5.74, 6) is 0.00724. The monoisotopic (exact) mass is 753 g/mol. The number of halogens is 2. The number of hydrogen-bond donors (Lipinski definition) is 3. The summed E-state index contributed by atoms with van der Waals surface area (Å²) in [5.41, 5.74) is 10.4. The fourth-order valence-electron chi connectivity index (χ4n) is 7.39. The maximum Gasteiger partial charge on any atom is 0.318 e. The number of hydrogen-bond acceptors (Lipinski definition) is 6. The molecular formula is C35H45BrClN9O3. The standard InChI is InChI=1S/C35H45BrClN9O3/c36-26-19-25-5-4-24-20-27(37)6-7-29(24)30(32(25)41-21-26)3-1-12-43-17-18-46(35(49)42-28-8-14-45(15-9-28)34(38)48)31(22-43)33(47)40-10-2-13-44-16-11-39-23-44/h6-7,11,16,19-21,23,28,30-31H,1-5,8-10,12-15,17-18,22H2,(H2,38,48)(H,40,47)(H,42,49). The molecule has 0 bridgehead atoms. The number of primary amides is 1. The van der Waals surface area contributed by atoms with Gasteiger partial charge in [0, 0.05) is 85.9 Å². The average Bonchev–Trinajstić information content (AvgIpc) is 3.57. The molecule has 2 aromatic heterocycles. The minimum Gasteiger partial charge on any atom is -0.354 e. The zero-order valence-corrected chi connectivity index (χ0v) is 30.0. The number of pyridine rings is 1. The number of benzene rings is 1. The Balaban J connectivity index is 1.10. The van der Waals surface area contributed by atoms with E-state index in [1.807, 2.05) is 23.0 Å². The SMILES string of the molecule is NC(=O)N1CCC(NC(=O)N2CCN(CCCC3c4ccc(Cl)cc4CCc4cc(Br)cnc43)CC2C(=O)NCCCn2ccnc2)CC1. The van der Waals surface area contributed by atoms with Crippen LogP contribution in [-0.4, -0.2) is 105 Å². The van der Waals surface area contributed by atoms with E-state index in [0.29, 0.717) is 52.1 Å². The van der Waals surface area contributed by atoms with Crippen molar-refractivity contribution < 1.29 is 14.4 Å². The van der Waals surface area contributed by atoms with Crippen molar-refractivity contribution in [3.63, 3.8) is 0 Å². The van der Waals surface area contributed by atoms with Gasteiger partial charge in [-0.25, -0.2) is 14.6 Å². The quantitative estimate of drug-likeness (QED) is 0.266. The van der Waals surface area contributed by atoms with Crippen LogP contribution in [0, 0.1) is 0 Å². The number of nitrogens with two attached hydrogens (primary N) is 1. The maximum atomic E-state index is 13.7. The Bertz CT molecular complexity index is 1560. The molecule has 1 aromatic carbocycles. The summed E-state index contributed by atoms with van der Waals surface area (Å²) >= 11 is 10.0. The fraction of sp³-hybridized carbons (Fsp3) is 0.514. The molecule has 0 saturated carbocycles. The number of likely N-dealkylation sites (tertiary alicyclic amines) is 1. The summed E-state index contributed by atoms with van der Waals surface area (Å²) in [6.07, 6.45) is 13.0. The fourth-order valence-corrected chi connectivity index (χ4v) is 7.96. The van der Waals surface area contributed by atoms with Gasteiger partial charge in [-0.2, -0.15) is 0 Å². The lowest BCUT2D eigenvalue weighted by molar-refractivity contribution is -0.127. The zero-order valence-electron chi connectivity index (χ0n) is 27.7. The van der Waals surface area contributed by atoms with E-state index in [-0.39, 0.29) is 23.9 Å². The van der Waals surface area contributed by atoms with Crippen molar-refractivity contribution in [2.45, 2.75) is 69.5 Å². The highest BCUT2D eigenvalue weighted by Crippen LogP contribution is 2.38. The number of aryl methyl sites for hydroxylation is 3. The summed E-state index contributed by atoms with van der Waals surface area (Å²) in [6, 6.07) is 7.04. The predicted octanol–water partition coefficient (Wildman–Crippen LogP) is 4.15. The number of carbonyl (C=O) groups excluding carboxylic acids is 3. The van der Waals surface area contributed by atoms with Crippen LogP contribution in [0.25, 0.3) is 0 Å². The molecule has 2 unspecified atom stereocenters. The van der Waals surface area contributed by atoms with Gasteiger partial charge in [0.25, 0.3) is 0 Å². The molecule has 3 aliphatic rings. The van der Waals surface area contributed by atoms with Crippen molar-refractivity contribution in [1.82, 2.24) is 39.9 Å². The van der Waals surface area contributed by atoms with Crippen LogP contribution in [0.4, 0.5) is 9.59 Å². The number of piperazine rings is 1. The number of rotatable bonds is 10. The van der Waals surface area contributed by atoms with Gasteiger partial charge in [-0.3, -0.25) is 14.7 Å². The molecule has 262 valence electrons. The molecule has 5 amide bonds. The molecule has 3 aromatic rings. The minimum absolute atomic E-state index is 0.0746. The van der Waals surface area contributed by atoms with Gasteiger partial charge < -0.3 is 30.7 Å². The highest BCUT2D eigenvalue weighted by Gasteiger charge is 2.36. The van der Waals surface area contributed by atoms with E-state index in [4.69, 9.17) is 22.3 Å². The second-order valence-electron chi connectivity index (χ2n) is 13.2. The van der Waals surface area contributed by atoms with Crippen molar-refractivity contribution in [1.29, 1.82) is 0 Å². The molecule has 0 radical (unpaired) electrons. The van der Waals surface area contributed by atoms with Crippen LogP contribution in [-0.2, 0) is 24.2 Å². The Morgan fingerprint density at radius 3 is 2.61 bits per heavy atom. The van der Waals surface area contributed by atoms with Crippen molar-refractivity contribution in [2.24, 2.45) is 5.73 Å². The number of nitrogens with one attached hydrogen (secondary N) is 2. The van der Waals surface area contributed by atoms with E-state index in [1.54, 1.807) is 22.3 Å². The third-order valence-corrected chi connectivity index (χ3v) is 10.7. The predicted molar refractivity (Wildman–Crippen MR) is 191 cm³/mol. The molecule has 49 heavy (non-hydrogen) atoms. The number of amides is 5. The van der Waals surface area contributed by atoms with E-state index < -0.39 is 12.1 Å². The number of fused-ring (bicyclic) bond motifs is 2. The molecular weight excluding hydrogens is 710 g/mol.